The summed E-state index contributed by atoms with van der Waals surface area (Å²) >= 11 is 1.23. The van der Waals surface area contributed by atoms with E-state index in [9.17, 15) is 4.79 Å². The second-order valence-electron chi connectivity index (χ2n) is 4.03. The molecule has 1 aromatic rings. The van der Waals surface area contributed by atoms with Gasteiger partial charge in [0.1, 0.15) is 5.60 Å². The first-order chi connectivity index (χ1) is 9.07. The number of ether oxygens (including phenoxy) is 1. The van der Waals surface area contributed by atoms with Crippen LogP contribution in [0.2, 0.25) is 0 Å². The van der Waals surface area contributed by atoms with Crippen molar-refractivity contribution in [2.24, 2.45) is 0 Å². The van der Waals surface area contributed by atoms with Gasteiger partial charge in [0.2, 0.25) is 11.7 Å². The lowest BCUT2D eigenvalue weighted by Crippen LogP contribution is -2.29. The summed E-state index contributed by atoms with van der Waals surface area (Å²) in [6.07, 6.45) is 1.52. The van der Waals surface area contributed by atoms with Gasteiger partial charge in [-0.3, -0.25) is 4.79 Å². The minimum absolute atomic E-state index is 0.0237. The Morgan fingerprint density at radius 3 is 2.63 bits per heavy atom. The molecule has 0 saturated carbocycles. The van der Waals surface area contributed by atoms with Crippen LogP contribution < -0.4 is 0 Å². The summed E-state index contributed by atoms with van der Waals surface area (Å²) in [5.41, 5.74) is -0.506. The summed E-state index contributed by atoms with van der Waals surface area (Å²) in [7, 11) is 0. The Hall–Kier alpha value is -1.08. The minimum atomic E-state index is -0.851. The van der Waals surface area contributed by atoms with Crippen molar-refractivity contribution in [3.63, 3.8) is 0 Å². The number of carboxylic acids is 1. The van der Waals surface area contributed by atoms with E-state index in [1.807, 2.05) is 20.8 Å². The minimum Gasteiger partial charge on any atom is -0.481 e. The van der Waals surface area contributed by atoms with Gasteiger partial charge in [-0.05, 0) is 19.8 Å². The quantitative estimate of drug-likeness (QED) is 0.746. The van der Waals surface area contributed by atoms with Gasteiger partial charge in [0.25, 0.3) is 0 Å². The molecule has 6 nitrogen and oxygen atoms in total. The highest BCUT2D eigenvalue weighted by Gasteiger charge is 2.34. The van der Waals surface area contributed by atoms with Gasteiger partial charge in [-0.25, -0.2) is 0 Å². The molecule has 1 rings (SSSR count). The van der Waals surface area contributed by atoms with Crippen molar-refractivity contribution in [3.05, 3.63) is 11.7 Å². The Morgan fingerprint density at radius 2 is 2.11 bits per heavy atom. The van der Waals surface area contributed by atoms with E-state index in [4.69, 9.17) is 14.4 Å². The molecule has 0 radical (unpaired) electrons. The van der Waals surface area contributed by atoms with E-state index >= 15 is 0 Å². The number of nitrogens with zero attached hydrogens (tertiary/aromatic N) is 2. The first-order valence-electron chi connectivity index (χ1n) is 6.34. The van der Waals surface area contributed by atoms with E-state index in [0.717, 1.165) is 12.8 Å². The molecule has 108 valence electrons. The summed E-state index contributed by atoms with van der Waals surface area (Å²) in [5.74, 6) is 0.554. The number of rotatable bonds is 9. The standard InChI is InChI=1S/C12H20N2O4S/c1-4-12(5-2,17-6-3)11-13-9(18-14-11)7-19-8-10(15)16/h4-8H2,1-3H3,(H,15,16). The molecule has 0 aromatic carbocycles. The van der Waals surface area contributed by atoms with E-state index in [1.54, 1.807) is 0 Å². The molecular formula is C12H20N2O4S. The zero-order chi connectivity index (χ0) is 14.3. The van der Waals surface area contributed by atoms with Crippen molar-refractivity contribution >= 4 is 17.7 Å². The first-order valence-corrected chi connectivity index (χ1v) is 7.50. The fourth-order valence-electron chi connectivity index (χ4n) is 1.84. The van der Waals surface area contributed by atoms with E-state index in [1.165, 1.54) is 11.8 Å². The fraction of sp³-hybridized carbons (Fsp3) is 0.750. The van der Waals surface area contributed by atoms with Gasteiger partial charge in [0, 0.05) is 6.61 Å². The number of thioether (sulfide) groups is 1. The maximum atomic E-state index is 10.4. The summed E-state index contributed by atoms with van der Waals surface area (Å²) in [5, 5.41) is 12.5. The van der Waals surface area contributed by atoms with E-state index in [-0.39, 0.29) is 5.75 Å². The third-order valence-electron chi connectivity index (χ3n) is 2.89. The van der Waals surface area contributed by atoms with Crippen LogP contribution >= 0.6 is 11.8 Å². The molecule has 0 unspecified atom stereocenters. The highest BCUT2D eigenvalue weighted by atomic mass is 32.2. The Bertz CT molecular complexity index is 404. The molecule has 0 atom stereocenters. The maximum absolute atomic E-state index is 10.4. The van der Waals surface area contributed by atoms with Gasteiger partial charge < -0.3 is 14.4 Å². The Labute approximate surface area is 116 Å². The van der Waals surface area contributed by atoms with Crippen molar-refractivity contribution < 1.29 is 19.2 Å². The molecule has 0 spiro atoms. The lowest BCUT2D eigenvalue weighted by molar-refractivity contribution is -0.133. The van der Waals surface area contributed by atoms with Crippen LogP contribution in [0.5, 0.6) is 0 Å². The largest absolute Gasteiger partial charge is 0.481 e. The molecule has 0 aliphatic carbocycles. The van der Waals surface area contributed by atoms with Gasteiger partial charge >= 0.3 is 5.97 Å². The number of hydrogen-bond acceptors (Lipinski definition) is 6. The van der Waals surface area contributed by atoms with Gasteiger partial charge in [-0.2, -0.15) is 4.98 Å². The van der Waals surface area contributed by atoms with Gasteiger partial charge in [-0.1, -0.05) is 19.0 Å². The summed E-state index contributed by atoms with van der Waals surface area (Å²) in [6, 6.07) is 0. The summed E-state index contributed by atoms with van der Waals surface area (Å²) < 4.78 is 10.9. The maximum Gasteiger partial charge on any atom is 0.313 e. The zero-order valence-electron chi connectivity index (χ0n) is 11.5. The summed E-state index contributed by atoms with van der Waals surface area (Å²) in [6.45, 7) is 6.56. The molecule has 1 heterocycles. The third-order valence-corrected chi connectivity index (χ3v) is 3.79. The Kier molecular flexibility index (Phi) is 6.30. The normalized spacial score (nSPS) is 11.7. The van der Waals surface area contributed by atoms with E-state index in [2.05, 4.69) is 10.1 Å². The average molecular weight is 288 g/mol. The van der Waals surface area contributed by atoms with Crippen LogP contribution in [0.15, 0.2) is 4.52 Å². The van der Waals surface area contributed by atoms with Crippen LogP contribution in [0.3, 0.4) is 0 Å². The number of carboxylic acid groups (broad SMARTS) is 1. The monoisotopic (exact) mass is 288 g/mol. The zero-order valence-corrected chi connectivity index (χ0v) is 12.3. The Balaban J connectivity index is 2.73. The molecule has 0 saturated heterocycles. The van der Waals surface area contributed by atoms with Crippen molar-refractivity contribution in [2.75, 3.05) is 12.4 Å². The van der Waals surface area contributed by atoms with Crippen molar-refractivity contribution in [2.45, 2.75) is 45.0 Å². The molecule has 0 fully saturated rings. The van der Waals surface area contributed by atoms with Crippen molar-refractivity contribution in [3.8, 4) is 0 Å². The first kappa shape index (κ1) is 16.0. The molecule has 19 heavy (non-hydrogen) atoms. The predicted octanol–water partition coefficient (Wildman–Crippen LogP) is 2.44. The van der Waals surface area contributed by atoms with Crippen LogP contribution in [0, 0.1) is 0 Å². The highest BCUT2D eigenvalue weighted by molar-refractivity contribution is 7.99. The number of carbonyl (C=O) groups is 1. The van der Waals surface area contributed by atoms with Gasteiger partial charge in [-0.15, -0.1) is 11.8 Å². The van der Waals surface area contributed by atoms with Crippen LogP contribution in [0.4, 0.5) is 0 Å². The third kappa shape index (κ3) is 4.21. The van der Waals surface area contributed by atoms with E-state index < -0.39 is 11.6 Å². The topological polar surface area (TPSA) is 85.5 Å². The van der Waals surface area contributed by atoms with E-state index in [0.29, 0.717) is 24.1 Å². The predicted molar refractivity (Wildman–Crippen MR) is 72.0 cm³/mol. The number of aliphatic carboxylic acids is 1. The van der Waals surface area contributed by atoms with Crippen LogP contribution in [0.25, 0.3) is 0 Å². The lowest BCUT2D eigenvalue weighted by atomic mass is 9.96. The van der Waals surface area contributed by atoms with Gasteiger partial charge in [0.05, 0.1) is 11.5 Å². The molecule has 7 heteroatoms. The molecule has 0 bridgehead atoms. The number of hydrogen-bond donors (Lipinski definition) is 1. The Morgan fingerprint density at radius 1 is 1.42 bits per heavy atom. The second kappa shape index (κ2) is 7.49. The van der Waals surface area contributed by atoms with Crippen molar-refractivity contribution in [1.82, 2.24) is 10.1 Å². The molecular weight excluding hydrogens is 268 g/mol. The molecule has 0 aliphatic heterocycles. The average Bonchev–Trinajstić information content (AvgIpc) is 2.85. The molecule has 1 aromatic heterocycles. The summed E-state index contributed by atoms with van der Waals surface area (Å²) in [4.78, 5) is 14.7. The fourth-order valence-corrected chi connectivity index (χ4v) is 2.40. The smallest absolute Gasteiger partial charge is 0.313 e. The second-order valence-corrected chi connectivity index (χ2v) is 5.02. The van der Waals surface area contributed by atoms with Crippen LogP contribution in [0.1, 0.15) is 45.3 Å². The number of aromatic nitrogens is 2. The van der Waals surface area contributed by atoms with Crippen LogP contribution in [-0.4, -0.2) is 33.6 Å². The van der Waals surface area contributed by atoms with Crippen molar-refractivity contribution in [1.29, 1.82) is 0 Å². The highest BCUT2D eigenvalue weighted by Crippen LogP contribution is 2.31. The SMILES string of the molecule is CCOC(CC)(CC)c1noc(CSCC(=O)O)n1. The van der Waals surface area contributed by atoms with Crippen LogP contribution in [-0.2, 0) is 20.9 Å². The lowest BCUT2D eigenvalue weighted by Gasteiger charge is -2.27. The molecule has 0 aliphatic rings. The molecule has 0 amide bonds. The van der Waals surface area contributed by atoms with Gasteiger partial charge in [0.15, 0.2) is 0 Å². The molecule has 1 N–H and O–H groups in total.